The molecule has 114 valence electrons. The van der Waals surface area contributed by atoms with Gasteiger partial charge in [0.15, 0.2) is 0 Å². The smallest absolute Gasteiger partial charge is 0.274 e. The molecule has 3 rings (SSSR count). The van der Waals surface area contributed by atoms with Crippen molar-refractivity contribution in [2.24, 2.45) is 13.0 Å². The van der Waals surface area contributed by atoms with Gasteiger partial charge in [-0.25, -0.2) is 4.68 Å². The van der Waals surface area contributed by atoms with Crippen molar-refractivity contribution < 1.29 is 9.90 Å². The quantitative estimate of drug-likeness (QED) is 0.820. The number of carbonyl (C=O) groups excluding carboxylic acids is 1. The van der Waals surface area contributed by atoms with Crippen molar-refractivity contribution in [3.05, 3.63) is 28.2 Å². The van der Waals surface area contributed by atoms with Gasteiger partial charge in [0.2, 0.25) is 0 Å². The molecule has 2 unspecified atom stereocenters. The normalized spacial score (nSPS) is 29.0. The topological polar surface area (TPSA) is 75.4 Å². The van der Waals surface area contributed by atoms with E-state index in [0.29, 0.717) is 25.2 Å². The Labute approximate surface area is 123 Å². The van der Waals surface area contributed by atoms with E-state index in [1.165, 1.54) is 23.9 Å². The number of piperidine rings is 1. The van der Waals surface area contributed by atoms with Crippen molar-refractivity contribution in [3.63, 3.8) is 0 Å². The van der Waals surface area contributed by atoms with Crippen molar-refractivity contribution in [1.29, 1.82) is 0 Å². The maximum Gasteiger partial charge on any atom is 0.274 e. The molecule has 1 aliphatic heterocycles. The van der Waals surface area contributed by atoms with Crippen molar-refractivity contribution in [3.8, 4) is 0 Å². The molecule has 1 saturated heterocycles. The zero-order valence-electron chi connectivity index (χ0n) is 12.3. The van der Waals surface area contributed by atoms with Crippen LogP contribution in [0.25, 0.3) is 0 Å². The number of hydrogen-bond donors (Lipinski definition) is 1. The molecule has 1 saturated carbocycles. The second kappa shape index (κ2) is 5.26. The Hall–Kier alpha value is -1.69. The minimum atomic E-state index is -0.591. The Morgan fingerprint density at radius 1 is 1.38 bits per heavy atom. The molecule has 2 heterocycles. The van der Waals surface area contributed by atoms with E-state index in [9.17, 15) is 14.7 Å². The molecule has 2 aliphatic rings. The van der Waals surface area contributed by atoms with Crippen LogP contribution in [0.15, 0.2) is 16.9 Å². The molecule has 1 aromatic rings. The van der Waals surface area contributed by atoms with Crippen LogP contribution in [-0.4, -0.2) is 44.4 Å². The van der Waals surface area contributed by atoms with Gasteiger partial charge < -0.3 is 10.0 Å². The number of fused-ring (bicyclic) bond motifs is 1. The van der Waals surface area contributed by atoms with Crippen LogP contribution in [0.4, 0.5) is 0 Å². The van der Waals surface area contributed by atoms with E-state index in [-0.39, 0.29) is 17.4 Å². The van der Waals surface area contributed by atoms with E-state index in [2.05, 4.69) is 5.10 Å². The fourth-order valence-electron chi connectivity index (χ4n) is 3.53. The van der Waals surface area contributed by atoms with E-state index in [1.54, 1.807) is 4.90 Å². The number of likely N-dealkylation sites (tertiary alicyclic amines) is 1. The van der Waals surface area contributed by atoms with Gasteiger partial charge in [-0.15, -0.1) is 0 Å². The molecule has 0 spiro atoms. The molecule has 21 heavy (non-hydrogen) atoms. The van der Waals surface area contributed by atoms with Crippen molar-refractivity contribution >= 4 is 5.91 Å². The number of aromatic nitrogens is 2. The summed E-state index contributed by atoms with van der Waals surface area (Å²) in [5.74, 6) is 0.00899. The first-order valence-electron chi connectivity index (χ1n) is 7.56. The van der Waals surface area contributed by atoms with Gasteiger partial charge in [-0.3, -0.25) is 9.59 Å². The third kappa shape index (κ3) is 2.60. The lowest BCUT2D eigenvalue weighted by Gasteiger charge is -2.47. The molecule has 1 N–H and O–H groups in total. The molecule has 6 heteroatoms. The van der Waals surface area contributed by atoms with Crippen molar-refractivity contribution in [2.75, 3.05) is 13.1 Å². The van der Waals surface area contributed by atoms with Gasteiger partial charge in [-0.2, -0.15) is 5.10 Å². The van der Waals surface area contributed by atoms with Gasteiger partial charge in [0.1, 0.15) is 5.69 Å². The fraction of sp³-hybridized carbons (Fsp3) is 0.667. The van der Waals surface area contributed by atoms with E-state index in [0.717, 1.165) is 25.7 Å². The highest BCUT2D eigenvalue weighted by molar-refractivity contribution is 5.92. The maximum absolute atomic E-state index is 12.5. The highest BCUT2D eigenvalue weighted by Crippen LogP contribution is 2.39. The summed E-state index contributed by atoms with van der Waals surface area (Å²) in [5, 5.41) is 14.7. The summed E-state index contributed by atoms with van der Waals surface area (Å²) in [5.41, 5.74) is -0.531. The molecular formula is C15H21N3O3. The first kappa shape index (κ1) is 14.3. The fourth-order valence-corrected chi connectivity index (χ4v) is 3.53. The average molecular weight is 291 g/mol. The molecule has 2 atom stereocenters. The number of rotatable bonds is 1. The van der Waals surface area contributed by atoms with E-state index >= 15 is 0 Å². The average Bonchev–Trinajstić information content (AvgIpc) is 2.48. The number of aliphatic hydroxyl groups is 1. The Kier molecular flexibility index (Phi) is 3.57. The minimum Gasteiger partial charge on any atom is -0.389 e. The minimum absolute atomic E-state index is 0.154. The second-order valence-corrected chi connectivity index (χ2v) is 6.23. The Bertz CT molecular complexity index is 612. The molecular weight excluding hydrogens is 270 g/mol. The lowest BCUT2D eigenvalue weighted by atomic mass is 9.71. The molecule has 0 radical (unpaired) electrons. The molecule has 0 bridgehead atoms. The van der Waals surface area contributed by atoms with Crippen LogP contribution >= 0.6 is 0 Å². The molecule has 1 aromatic heterocycles. The van der Waals surface area contributed by atoms with Crippen LogP contribution in [0.5, 0.6) is 0 Å². The van der Waals surface area contributed by atoms with Crippen LogP contribution in [0.1, 0.15) is 42.6 Å². The summed E-state index contributed by atoms with van der Waals surface area (Å²) < 4.78 is 1.17. The van der Waals surface area contributed by atoms with Crippen molar-refractivity contribution in [1.82, 2.24) is 14.7 Å². The Morgan fingerprint density at radius 2 is 2.19 bits per heavy atom. The lowest BCUT2D eigenvalue weighted by molar-refractivity contribution is -0.0887. The number of amides is 1. The molecule has 1 aliphatic carbocycles. The molecule has 0 aromatic carbocycles. The van der Waals surface area contributed by atoms with E-state index in [4.69, 9.17) is 0 Å². The number of carbonyl (C=O) groups is 1. The largest absolute Gasteiger partial charge is 0.389 e. The summed E-state index contributed by atoms with van der Waals surface area (Å²) in [6.45, 7) is 1.14. The van der Waals surface area contributed by atoms with Crippen LogP contribution in [0, 0.1) is 5.92 Å². The van der Waals surface area contributed by atoms with Gasteiger partial charge in [-0.1, -0.05) is 12.8 Å². The molecule has 1 amide bonds. The Morgan fingerprint density at radius 3 is 2.95 bits per heavy atom. The maximum atomic E-state index is 12.5. The van der Waals surface area contributed by atoms with Crippen LogP contribution in [0.3, 0.4) is 0 Å². The van der Waals surface area contributed by atoms with Gasteiger partial charge >= 0.3 is 0 Å². The predicted octanol–water partition coefficient (Wildman–Crippen LogP) is 0.547. The number of nitrogens with zero attached hydrogens (tertiary/aromatic N) is 3. The third-order valence-corrected chi connectivity index (χ3v) is 4.89. The SMILES string of the molecule is Cn1nc(C(=O)N2CCC3(O)CCCCC3C2)ccc1=O. The highest BCUT2D eigenvalue weighted by atomic mass is 16.3. The van der Waals surface area contributed by atoms with Crippen LogP contribution in [0.2, 0.25) is 0 Å². The highest BCUT2D eigenvalue weighted by Gasteiger charge is 2.43. The molecule has 6 nitrogen and oxygen atoms in total. The van der Waals surface area contributed by atoms with Gasteiger partial charge in [0.25, 0.3) is 11.5 Å². The van der Waals surface area contributed by atoms with E-state index < -0.39 is 5.60 Å². The second-order valence-electron chi connectivity index (χ2n) is 6.23. The van der Waals surface area contributed by atoms with Gasteiger partial charge in [0.05, 0.1) is 5.60 Å². The summed E-state index contributed by atoms with van der Waals surface area (Å²) in [7, 11) is 1.54. The summed E-state index contributed by atoms with van der Waals surface area (Å²) in [6, 6.07) is 2.84. The third-order valence-electron chi connectivity index (χ3n) is 4.89. The zero-order chi connectivity index (χ0) is 15.0. The zero-order valence-corrected chi connectivity index (χ0v) is 12.3. The van der Waals surface area contributed by atoms with Gasteiger partial charge in [-0.05, 0) is 25.3 Å². The lowest BCUT2D eigenvalue weighted by Crippen LogP contribution is -2.54. The van der Waals surface area contributed by atoms with Crippen LogP contribution in [-0.2, 0) is 7.05 Å². The Balaban J connectivity index is 1.77. The predicted molar refractivity (Wildman–Crippen MR) is 76.9 cm³/mol. The van der Waals surface area contributed by atoms with Crippen molar-refractivity contribution in [2.45, 2.75) is 37.7 Å². The van der Waals surface area contributed by atoms with Crippen LogP contribution < -0.4 is 5.56 Å². The van der Waals surface area contributed by atoms with E-state index in [1.807, 2.05) is 0 Å². The summed E-state index contributed by atoms with van der Waals surface area (Å²) in [4.78, 5) is 25.6. The monoisotopic (exact) mass is 291 g/mol. The summed E-state index contributed by atoms with van der Waals surface area (Å²) in [6.07, 6.45) is 4.64. The first-order chi connectivity index (χ1) is 9.99. The van der Waals surface area contributed by atoms with Gasteiger partial charge in [0, 0.05) is 32.1 Å². The number of aryl methyl sites for hydroxylation is 1. The summed E-state index contributed by atoms with van der Waals surface area (Å²) >= 11 is 0. The first-order valence-corrected chi connectivity index (χ1v) is 7.56. The number of hydrogen-bond acceptors (Lipinski definition) is 4. The molecule has 2 fully saturated rings. The standard InChI is InChI=1S/C15H21N3O3/c1-17-13(19)6-5-12(16-17)14(20)18-9-8-15(21)7-3-2-4-11(15)10-18/h5-6,11,21H,2-4,7-10H2,1H3.